The predicted octanol–water partition coefficient (Wildman–Crippen LogP) is 4.04. The zero-order valence-corrected chi connectivity index (χ0v) is 15.4. The van der Waals surface area contributed by atoms with Gasteiger partial charge in [0.15, 0.2) is 5.76 Å². The molecule has 1 N–H and O–H groups in total. The summed E-state index contributed by atoms with van der Waals surface area (Å²) < 4.78 is 0. The van der Waals surface area contributed by atoms with E-state index in [0.717, 1.165) is 11.3 Å². The van der Waals surface area contributed by atoms with Gasteiger partial charge in [0.25, 0.3) is 5.91 Å². The maximum atomic E-state index is 13.0. The molecule has 3 heterocycles. The molecule has 0 bridgehead atoms. The van der Waals surface area contributed by atoms with Crippen LogP contribution < -0.4 is 4.90 Å². The van der Waals surface area contributed by atoms with Crippen molar-refractivity contribution in [3.63, 3.8) is 0 Å². The molecule has 0 saturated heterocycles. The van der Waals surface area contributed by atoms with E-state index in [2.05, 4.69) is 10.2 Å². The molecule has 0 fully saturated rings. The Kier molecular flexibility index (Phi) is 4.31. The van der Waals surface area contributed by atoms with Crippen molar-refractivity contribution in [1.29, 1.82) is 0 Å². The average Bonchev–Trinajstić information content (AvgIpc) is 3.37. The van der Waals surface area contributed by atoms with Crippen molar-refractivity contribution in [2.45, 2.75) is 6.04 Å². The lowest BCUT2D eigenvalue weighted by Gasteiger charge is -2.24. The monoisotopic (exact) mass is 403 g/mol. The van der Waals surface area contributed by atoms with Gasteiger partial charge in [-0.3, -0.25) is 14.5 Å². The van der Waals surface area contributed by atoms with Gasteiger partial charge in [0.1, 0.15) is 5.51 Å². The van der Waals surface area contributed by atoms with Crippen LogP contribution in [0, 0.1) is 0 Å². The minimum Gasteiger partial charge on any atom is -0.503 e. The smallest absolute Gasteiger partial charge is 0.296 e. The number of amides is 1. The molecule has 0 saturated carbocycles. The zero-order chi connectivity index (χ0) is 18.3. The molecule has 1 aliphatic heterocycles. The first kappa shape index (κ1) is 16.9. The number of benzene rings is 1. The molecule has 1 aromatic carbocycles. The number of Topliss-reactive ketones (excluding diaryl/α,β-unsaturated/α-hetero) is 1. The van der Waals surface area contributed by atoms with E-state index in [0.29, 0.717) is 15.5 Å². The summed E-state index contributed by atoms with van der Waals surface area (Å²) in [6.45, 7) is 0. The summed E-state index contributed by atoms with van der Waals surface area (Å²) in [5, 5.41) is 20.6. The largest absolute Gasteiger partial charge is 0.503 e. The zero-order valence-electron chi connectivity index (χ0n) is 13.0. The third-order valence-corrected chi connectivity index (χ3v) is 5.85. The van der Waals surface area contributed by atoms with Crippen LogP contribution >= 0.6 is 34.3 Å². The van der Waals surface area contributed by atoms with Crippen LogP contribution in [-0.4, -0.2) is 27.0 Å². The van der Waals surface area contributed by atoms with E-state index in [9.17, 15) is 14.7 Å². The van der Waals surface area contributed by atoms with Crippen LogP contribution in [-0.2, 0) is 4.79 Å². The van der Waals surface area contributed by atoms with Crippen molar-refractivity contribution in [2.24, 2.45) is 0 Å². The van der Waals surface area contributed by atoms with Crippen LogP contribution in [0.2, 0.25) is 5.02 Å². The summed E-state index contributed by atoms with van der Waals surface area (Å²) in [7, 11) is 0. The number of ketones is 1. The molecule has 0 radical (unpaired) electrons. The number of carbonyl (C=O) groups excluding carboxylic acids is 2. The first-order valence-electron chi connectivity index (χ1n) is 7.45. The maximum Gasteiger partial charge on any atom is 0.296 e. The third-order valence-electron chi connectivity index (χ3n) is 3.95. The predicted molar refractivity (Wildman–Crippen MR) is 99.9 cm³/mol. The van der Waals surface area contributed by atoms with Crippen molar-refractivity contribution >= 4 is 51.1 Å². The van der Waals surface area contributed by atoms with Crippen LogP contribution in [0.25, 0.3) is 0 Å². The van der Waals surface area contributed by atoms with E-state index < -0.39 is 23.5 Å². The molecule has 1 aliphatic rings. The number of nitrogens with zero attached hydrogens (tertiary/aromatic N) is 3. The van der Waals surface area contributed by atoms with Gasteiger partial charge in [0.05, 0.1) is 16.5 Å². The first-order valence-corrected chi connectivity index (χ1v) is 9.59. The highest BCUT2D eigenvalue weighted by Crippen LogP contribution is 2.44. The molecule has 3 aromatic rings. The van der Waals surface area contributed by atoms with Crippen molar-refractivity contribution in [2.75, 3.05) is 4.90 Å². The number of halogens is 1. The Labute approximate surface area is 161 Å². The van der Waals surface area contributed by atoms with Gasteiger partial charge in [0, 0.05) is 5.02 Å². The number of aliphatic hydroxyl groups excluding tert-OH is 1. The second-order valence-corrected chi connectivity index (χ2v) is 7.56. The molecule has 1 amide bonds. The van der Waals surface area contributed by atoms with E-state index in [1.165, 1.54) is 21.7 Å². The Hall–Kier alpha value is -2.55. The van der Waals surface area contributed by atoms with Crippen LogP contribution in [0.15, 0.2) is 58.6 Å². The van der Waals surface area contributed by atoms with Gasteiger partial charge in [-0.2, -0.15) is 0 Å². The normalized spacial score (nSPS) is 17.2. The standard InChI is InChI=1S/C17H10ClN3O3S2/c18-10-5-2-1-4-9(10)13-12(14(22)11-6-3-7-25-11)15(23)16(24)21(13)17-20-19-8-26-17/h1-8,13,23H. The molecule has 0 spiro atoms. The Balaban J connectivity index is 1.91. The quantitative estimate of drug-likeness (QED) is 0.665. The highest BCUT2D eigenvalue weighted by molar-refractivity contribution is 7.13. The van der Waals surface area contributed by atoms with Crippen LogP contribution in [0.1, 0.15) is 21.3 Å². The highest BCUT2D eigenvalue weighted by atomic mass is 35.5. The van der Waals surface area contributed by atoms with Crippen LogP contribution in [0.4, 0.5) is 5.13 Å². The van der Waals surface area contributed by atoms with Crippen LogP contribution in [0.5, 0.6) is 0 Å². The summed E-state index contributed by atoms with van der Waals surface area (Å²) in [5.41, 5.74) is 1.99. The highest BCUT2D eigenvalue weighted by Gasteiger charge is 2.46. The van der Waals surface area contributed by atoms with E-state index >= 15 is 0 Å². The van der Waals surface area contributed by atoms with Gasteiger partial charge in [-0.15, -0.1) is 21.5 Å². The number of rotatable bonds is 4. The molecule has 1 unspecified atom stereocenters. The van der Waals surface area contributed by atoms with Gasteiger partial charge >= 0.3 is 0 Å². The first-order chi connectivity index (χ1) is 12.6. The number of aliphatic hydroxyl groups is 1. The van der Waals surface area contributed by atoms with E-state index in [1.54, 1.807) is 41.8 Å². The Morgan fingerprint density at radius 3 is 2.65 bits per heavy atom. The van der Waals surface area contributed by atoms with Gasteiger partial charge < -0.3 is 5.11 Å². The molecule has 1 atom stereocenters. The number of carbonyl (C=O) groups is 2. The fourth-order valence-corrected chi connectivity index (χ4v) is 4.34. The van der Waals surface area contributed by atoms with Gasteiger partial charge in [-0.1, -0.05) is 47.2 Å². The number of hydrogen-bond donors (Lipinski definition) is 1. The second kappa shape index (κ2) is 6.64. The lowest BCUT2D eigenvalue weighted by Crippen LogP contribution is -2.31. The summed E-state index contributed by atoms with van der Waals surface area (Å²) in [6.07, 6.45) is 0. The Morgan fingerprint density at radius 1 is 1.19 bits per heavy atom. The average molecular weight is 404 g/mol. The van der Waals surface area contributed by atoms with Crippen LogP contribution in [0.3, 0.4) is 0 Å². The Morgan fingerprint density at radius 2 is 2.00 bits per heavy atom. The van der Waals surface area contributed by atoms with Crippen molar-refractivity contribution in [1.82, 2.24) is 10.2 Å². The molecular weight excluding hydrogens is 394 g/mol. The number of thiophene rings is 1. The molecule has 26 heavy (non-hydrogen) atoms. The fraction of sp³-hybridized carbons (Fsp3) is 0.0588. The summed E-state index contributed by atoms with van der Waals surface area (Å²) >= 11 is 8.71. The maximum absolute atomic E-state index is 13.0. The van der Waals surface area contributed by atoms with Crippen molar-refractivity contribution < 1.29 is 14.7 Å². The van der Waals surface area contributed by atoms with Gasteiger partial charge in [0.2, 0.25) is 10.9 Å². The molecule has 130 valence electrons. The van der Waals surface area contributed by atoms with Crippen molar-refractivity contribution in [3.8, 4) is 0 Å². The molecule has 4 rings (SSSR count). The second-order valence-electron chi connectivity index (χ2n) is 5.39. The molecule has 0 aliphatic carbocycles. The lowest BCUT2D eigenvalue weighted by atomic mass is 9.95. The van der Waals surface area contributed by atoms with E-state index in [1.807, 2.05) is 0 Å². The minimum atomic E-state index is -0.876. The summed E-state index contributed by atoms with van der Waals surface area (Å²) in [6, 6.07) is 9.40. The molecule has 6 nitrogen and oxygen atoms in total. The number of anilines is 1. The Bertz CT molecular complexity index is 1020. The molecular formula is C17H10ClN3O3S2. The topological polar surface area (TPSA) is 83.4 Å². The van der Waals surface area contributed by atoms with Gasteiger partial charge in [-0.25, -0.2) is 0 Å². The summed E-state index contributed by atoms with van der Waals surface area (Å²) in [5.74, 6) is -1.71. The summed E-state index contributed by atoms with van der Waals surface area (Å²) in [4.78, 5) is 27.4. The SMILES string of the molecule is O=C(C1=C(O)C(=O)N(c2nncs2)C1c1ccccc1Cl)c1cccs1. The minimum absolute atomic E-state index is 0.0132. The van der Waals surface area contributed by atoms with Crippen molar-refractivity contribution in [3.05, 3.63) is 74.1 Å². The molecule has 9 heteroatoms. The van der Waals surface area contributed by atoms with E-state index in [4.69, 9.17) is 11.6 Å². The fourth-order valence-electron chi connectivity index (χ4n) is 2.84. The number of hydrogen-bond acceptors (Lipinski definition) is 7. The van der Waals surface area contributed by atoms with Gasteiger partial charge in [-0.05, 0) is 23.1 Å². The third kappa shape index (κ3) is 2.63. The number of aromatic nitrogens is 2. The lowest BCUT2D eigenvalue weighted by molar-refractivity contribution is -0.117. The molecule has 2 aromatic heterocycles. The van der Waals surface area contributed by atoms with E-state index in [-0.39, 0.29) is 10.7 Å².